The van der Waals surface area contributed by atoms with Crippen LogP contribution in [0.15, 0.2) is 47.4 Å². The zero-order valence-electron chi connectivity index (χ0n) is 10.7. The zero-order chi connectivity index (χ0) is 12.3. The average Bonchev–Trinajstić information content (AvgIpc) is 2.37. The van der Waals surface area contributed by atoms with Crippen LogP contribution in [-0.2, 0) is 0 Å². The minimum atomic E-state index is 1.05. The Morgan fingerprint density at radius 1 is 1.18 bits per heavy atom. The van der Waals surface area contributed by atoms with Crippen LogP contribution >= 0.6 is 11.9 Å². The Labute approximate surface area is 110 Å². The van der Waals surface area contributed by atoms with E-state index < -0.39 is 0 Å². The summed E-state index contributed by atoms with van der Waals surface area (Å²) in [7, 11) is 0. The van der Waals surface area contributed by atoms with Crippen molar-refractivity contribution in [3.05, 3.63) is 42.5 Å². The van der Waals surface area contributed by atoms with Gasteiger partial charge in [0.15, 0.2) is 0 Å². The fraction of sp³-hybridized carbons (Fsp3) is 0.467. The summed E-state index contributed by atoms with van der Waals surface area (Å²) >= 11 is 1.71. The predicted octanol–water partition coefficient (Wildman–Crippen LogP) is 4.81. The Bertz CT molecular complexity index is 308. The SMILES string of the molecule is C=C(CCCC)CCCNSc1ccccc1. The lowest BCUT2D eigenvalue weighted by molar-refractivity contribution is 0.719. The van der Waals surface area contributed by atoms with Gasteiger partial charge in [-0.15, -0.1) is 0 Å². The molecule has 0 heterocycles. The maximum atomic E-state index is 4.11. The quantitative estimate of drug-likeness (QED) is 0.383. The largest absolute Gasteiger partial charge is 0.260 e. The van der Waals surface area contributed by atoms with Crippen LogP contribution in [-0.4, -0.2) is 6.54 Å². The third-order valence-electron chi connectivity index (χ3n) is 2.63. The summed E-state index contributed by atoms with van der Waals surface area (Å²) in [6.45, 7) is 7.39. The van der Waals surface area contributed by atoms with E-state index in [-0.39, 0.29) is 0 Å². The summed E-state index contributed by atoms with van der Waals surface area (Å²) in [6.07, 6.45) is 6.08. The molecular weight excluding hydrogens is 226 g/mol. The van der Waals surface area contributed by atoms with E-state index in [4.69, 9.17) is 0 Å². The number of allylic oxidation sites excluding steroid dienone is 1. The smallest absolute Gasteiger partial charge is 0.0228 e. The third-order valence-corrected chi connectivity index (χ3v) is 3.48. The molecule has 0 spiro atoms. The molecule has 0 saturated carbocycles. The number of hydrogen-bond acceptors (Lipinski definition) is 2. The predicted molar refractivity (Wildman–Crippen MR) is 78.2 cm³/mol. The van der Waals surface area contributed by atoms with Crippen molar-refractivity contribution in [2.24, 2.45) is 0 Å². The second kappa shape index (κ2) is 9.32. The topological polar surface area (TPSA) is 12.0 Å². The molecule has 1 N–H and O–H groups in total. The van der Waals surface area contributed by atoms with Crippen molar-refractivity contribution in [3.8, 4) is 0 Å². The van der Waals surface area contributed by atoms with Crippen molar-refractivity contribution in [2.45, 2.75) is 43.9 Å². The molecule has 0 aliphatic heterocycles. The first kappa shape index (κ1) is 14.3. The maximum absolute atomic E-state index is 4.11. The van der Waals surface area contributed by atoms with E-state index in [0.29, 0.717) is 0 Å². The molecule has 1 aromatic rings. The van der Waals surface area contributed by atoms with E-state index in [9.17, 15) is 0 Å². The highest BCUT2D eigenvalue weighted by Crippen LogP contribution is 2.14. The molecule has 2 heteroatoms. The molecule has 17 heavy (non-hydrogen) atoms. The van der Waals surface area contributed by atoms with Crippen LogP contribution in [0.2, 0.25) is 0 Å². The normalized spacial score (nSPS) is 10.4. The Kier molecular flexibility index (Phi) is 7.85. The lowest BCUT2D eigenvalue weighted by atomic mass is 10.1. The van der Waals surface area contributed by atoms with Gasteiger partial charge >= 0.3 is 0 Å². The lowest BCUT2D eigenvalue weighted by Gasteiger charge is -2.06. The number of rotatable bonds is 9. The second-order valence-corrected chi connectivity index (χ2v) is 5.23. The maximum Gasteiger partial charge on any atom is 0.0228 e. The van der Waals surface area contributed by atoms with Crippen LogP contribution in [0.25, 0.3) is 0 Å². The summed E-state index contributed by atoms with van der Waals surface area (Å²) in [5, 5.41) is 0. The van der Waals surface area contributed by atoms with E-state index in [2.05, 4.69) is 42.5 Å². The Morgan fingerprint density at radius 3 is 2.59 bits per heavy atom. The molecule has 0 aliphatic rings. The standard InChI is InChI=1S/C15H23NS/c1-3-4-9-14(2)10-8-13-16-17-15-11-6-5-7-12-15/h5-7,11-12,16H,2-4,8-10,13H2,1H3. The van der Waals surface area contributed by atoms with Crippen molar-refractivity contribution < 1.29 is 0 Å². The van der Waals surface area contributed by atoms with Gasteiger partial charge in [-0.2, -0.15) is 0 Å². The minimum Gasteiger partial charge on any atom is -0.260 e. The van der Waals surface area contributed by atoms with Gasteiger partial charge in [0.1, 0.15) is 0 Å². The number of unbranched alkanes of at least 4 members (excludes halogenated alkanes) is 1. The Hall–Kier alpha value is -0.730. The molecule has 0 aromatic heterocycles. The van der Waals surface area contributed by atoms with Crippen LogP contribution in [0.1, 0.15) is 39.0 Å². The van der Waals surface area contributed by atoms with Gasteiger partial charge in [0.2, 0.25) is 0 Å². The van der Waals surface area contributed by atoms with Gasteiger partial charge in [0, 0.05) is 11.4 Å². The van der Waals surface area contributed by atoms with E-state index in [1.165, 1.54) is 36.2 Å². The highest BCUT2D eigenvalue weighted by Gasteiger charge is 1.95. The lowest BCUT2D eigenvalue weighted by Crippen LogP contribution is -2.05. The van der Waals surface area contributed by atoms with E-state index >= 15 is 0 Å². The van der Waals surface area contributed by atoms with Gasteiger partial charge in [-0.3, -0.25) is 4.72 Å². The highest BCUT2D eigenvalue weighted by molar-refractivity contribution is 7.97. The molecule has 1 nitrogen and oxygen atoms in total. The Balaban J connectivity index is 1.99. The first-order valence-corrected chi connectivity index (χ1v) is 7.26. The molecule has 0 aliphatic carbocycles. The van der Waals surface area contributed by atoms with Crippen LogP contribution in [0, 0.1) is 0 Å². The van der Waals surface area contributed by atoms with Gasteiger partial charge in [-0.1, -0.05) is 43.7 Å². The summed E-state index contributed by atoms with van der Waals surface area (Å²) in [4.78, 5) is 1.28. The number of benzene rings is 1. The number of hydrogen-bond donors (Lipinski definition) is 1. The fourth-order valence-electron chi connectivity index (χ4n) is 1.59. The molecule has 0 amide bonds. The summed E-state index contributed by atoms with van der Waals surface area (Å²) < 4.78 is 3.39. The van der Waals surface area contributed by atoms with Crippen LogP contribution in [0.5, 0.6) is 0 Å². The van der Waals surface area contributed by atoms with Crippen LogP contribution in [0.4, 0.5) is 0 Å². The summed E-state index contributed by atoms with van der Waals surface area (Å²) in [5.74, 6) is 0. The highest BCUT2D eigenvalue weighted by atomic mass is 32.2. The molecular formula is C15H23NS. The molecule has 1 aromatic carbocycles. The molecule has 1 rings (SSSR count). The monoisotopic (exact) mass is 249 g/mol. The van der Waals surface area contributed by atoms with E-state index in [1.807, 2.05) is 6.07 Å². The zero-order valence-corrected chi connectivity index (χ0v) is 11.6. The van der Waals surface area contributed by atoms with Gasteiger partial charge in [-0.05, 0) is 49.8 Å². The average molecular weight is 249 g/mol. The van der Waals surface area contributed by atoms with Crippen molar-refractivity contribution in [2.75, 3.05) is 6.54 Å². The second-order valence-electron chi connectivity index (χ2n) is 4.27. The molecule has 0 atom stereocenters. The van der Waals surface area contributed by atoms with Crippen LogP contribution < -0.4 is 4.72 Å². The molecule has 0 bridgehead atoms. The molecule has 0 radical (unpaired) electrons. The molecule has 0 saturated heterocycles. The summed E-state index contributed by atoms with van der Waals surface area (Å²) in [6, 6.07) is 10.4. The van der Waals surface area contributed by atoms with Crippen molar-refractivity contribution in [1.82, 2.24) is 4.72 Å². The van der Waals surface area contributed by atoms with Gasteiger partial charge in [0.05, 0.1) is 0 Å². The van der Waals surface area contributed by atoms with Crippen molar-refractivity contribution >= 4 is 11.9 Å². The Morgan fingerprint density at radius 2 is 1.88 bits per heavy atom. The van der Waals surface area contributed by atoms with Crippen LogP contribution in [0.3, 0.4) is 0 Å². The van der Waals surface area contributed by atoms with E-state index in [1.54, 1.807) is 11.9 Å². The van der Waals surface area contributed by atoms with Gasteiger partial charge in [0.25, 0.3) is 0 Å². The first-order valence-electron chi connectivity index (χ1n) is 6.44. The fourth-order valence-corrected chi connectivity index (χ4v) is 2.29. The number of nitrogens with one attached hydrogen (secondary N) is 1. The van der Waals surface area contributed by atoms with Crippen molar-refractivity contribution in [3.63, 3.8) is 0 Å². The summed E-state index contributed by atoms with van der Waals surface area (Å²) in [5.41, 5.74) is 1.40. The minimum absolute atomic E-state index is 1.05. The molecule has 94 valence electrons. The first-order chi connectivity index (χ1) is 8.33. The van der Waals surface area contributed by atoms with Crippen molar-refractivity contribution in [1.29, 1.82) is 0 Å². The van der Waals surface area contributed by atoms with E-state index in [0.717, 1.165) is 13.0 Å². The van der Waals surface area contributed by atoms with Gasteiger partial charge < -0.3 is 0 Å². The molecule has 0 fully saturated rings. The molecule has 0 unspecified atom stereocenters. The third kappa shape index (κ3) is 7.24. The van der Waals surface area contributed by atoms with Gasteiger partial charge in [-0.25, -0.2) is 0 Å².